The van der Waals surface area contributed by atoms with Crippen molar-refractivity contribution in [3.8, 4) is 5.75 Å². The van der Waals surface area contributed by atoms with Crippen LogP contribution in [0.5, 0.6) is 5.75 Å². The largest absolute Gasteiger partial charge is 0.491 e. The van der Waals surface area contributed by atoms with Crippen molar-refractivity contribution < 1.29 is 31.5 Å². The van der Waals surface area contributed by atoms with E-state index in [9.17, 15) is 26.7 Å². The van der Waals surface area contributed by atoms with Gasteiger partial charge in [0.05, 0.1) is 0 Å². The molecular formula is C10H8F5NO2. The summed E-state index contributed by atoms with van der Waals surface area (Å²) in [7, 11) is 0. The van der Waals surface area contributed by atoms with E-state index in [1.54, 1.807) is 0 Å². The van der Waals surface area contributed by atoms with Crippen LogP contribution in [0.1, 0.15) is 5.56 Å². The zero-order valence-corrected chi connectivity index (χ0v) is 8.85. The molecule has 0 heterocycles. The highest BCUT2D eigenvalue weighted by atomic mass is 19.4. The number of hydrogen-bond acceptors (Lipinski definition) is 3. The van der Waals surface area contributed by atoms with E-state index in [0.29, 0.717) is 0 Å². The van der Waals surface area contributed by atoms with Crippen molar-refractivity contribution in [3.05, 3.63) is 29.3 Å². The van der Waals surface area contributed by atoms with Crippen LogP contribution in [-0.2, 0) is 11.2 Å². The molecule has 2 N–H and O–H groups in total. The minimum Gasteiger partial charge on any atom is -0.414 e. The van der Waals surface area contributed by atoms with Gasteiger partial charge >= 0.3 is 12.1 Å². The molecule has 1 aromatic rings. The number of halogens is 5. The highest BCUT2D eigenvalue weighted by molar-refractivity contribution is 5.78. The van der Waals surface area contributed by atoms with Gasteiger partial charge in [-0.3, -0.25) is 0 Å². The summed E-state index contributed by atoms with van der Waals surface area (Å²) < 4.78 is 65.7. The summed E-state index contributed by atoms with van der Waals surface area (Å²) in [4.78, 5) is 10.4. The third kappa shape index (κ3) is 3.39. The fourth-order valence-electron chi connectivity index (χ4n) is 1.17. The summed E-state index contributed by atoms with van der Waals surface area (Å²) >= 11 is 0. The van der Waals surface area contributed by atoms with E-state index in [1.807, 2.05) is 0 Å². The summed E-state index contributed by atoms with van der Waals surface area (Å²) in [5.74, 6) is -6.85. The highest BCUT2D eigenvalue weighted by Crippen LogP contribution is 2.26. The lowest BCUT2D eigenvalue weighted by atomic mass is 10.1. The predicted octanol–water partition coefficient (Wildman–Crippen LogP) is 1.93. The standard InChI is InChI=1S/C10H8F5NO2/c11-6-3-5(1-2-16)4-7(12)8(6)18-9(17)10(13,14)15/h3-4H,1-2,16H2. The number of rotatable bonds is 3. The van der Waals surface area contributed by atoms with Crippen LogP contribution in [0, 0.1) is 11.6 Å². The van der Waals surface area contributed by atoms with Gasteiger partial charge in [0.2, 0.25) is 5.75 Å². The number of carbonyl (C=O) groups excluding carboxylic acids is 1. The van der Waals surface area contributed by atoms with Gasteiger partial charge in [0.25, 0.3) is 0 Å². The zero-order chi connectivity index (χ0) is 13.9. The van der Waals surface area contributed by atoms with Gasteiger partial charge < -0.3 is 10.5 Å². The molecule has 3 nitrogen and oxygen atoms in total. The molecule has 0 unspecified atom stereocenters. The second-order valence-electron chi connectivity index (χ2n) is 3.31. The fourth-order valence-corrected chi connectivity index (χ4v) is 1.17. The second kappa shape index (κ2) is 5.30. The van der Waals surface area contributed by atoms with Crippen LogP contribution in [0.4, 0.5) is 22.0 Å². The predicted molar refractivity (Wildman–Crippen MR) is 50.8 cm³/mol. The van der Waals surface area contributed by atoms with Crippen molar-refractivity contribution in [1.82, 2.24) is 0 Å². The van der Waals surface area contributed by atoms with Crippen molar-refractivity contribution in [1.29, 1.82) is 0 Å². The van der Waals surface area contributed by atoms with Gasteiger partial charge in [-0.2, -0.15) is 13.2 Å². The Morgan fingerprint density at radius 1 is 1.22 bits per heavy atom. The third-order valence-electron chi connectivity index (χ3n) is 1.92. The maximum Gasteiger partial charge on any atom is 0.491 e. The van der Waals surface area contributed by atoms with Gasteiger partial charge in [0, 0.05) is 0 Å². The molecule has 0 saturated carbocycles. The van der Waals surface area contributed by atoms with Crippen LogP contribution < -0.4 is 10.5 Å². The molecule has 18 heavy (non-hydrogen) atoms. The van der Waals surface area contributed by atoms with Crippen LogP contribution in [0.3, 0.4) is 0 Å². The van der Waals surface area contributed by atoms with E-state index in [2.05, 4.69) is 4.74 Å². The minimum absolute atomic E-state index is 0.112. The molecule has 0 saturated heterocycles. The van der Waals surface area contributed by atoms with E-state index in [1.165, 1.54) is 0 Å². The average molecular weight is 269 g/mol. The molecule has 0 aliphatic heterocycles. The Bertz CT molecular complexity index is 435. The number of alkyl halides is 3. The molecule has 0 radical (unpaired) electrons. The van der Waals surface area contributed by atoms with Crippen molar-refractivity contribution >= 4 is 5.97 Å². The van der Waals surface area contributed by atoms with Crippen LogP contribution in [-0.4, -0.2) is 18.7 Å². The highest BCUT2D eigenvalue weighted by Gasteiger charge is 2.42. The van der Waals surface area contributed by atoms with Crippen molar-refractivity contribution in [2.75, 3.05) is 6.54 Å². The molecule has 8 heteroatoms. The number of benzene rings is 1. The summed E-state index contributed by atoms with van der Waals surface area (Å²) in [5.41, 5.74) is 5.31. The monoisotopic (exact) mass is 269 g/mol. The molecule has 0 aliphatic rings. The number of hydrogen-bond donors (Lipinski definition) is 1. The molecule has 0 bridgehead atoms. The Morgan fingerprint density at radius 2 is 1.72 bits per heavy atom. The van der Waals surface area contributed by atoms with Crippen LogP contribution in [0.25, 0.3) is 0 Å². The third-order valence-corrected chi connectivity index (χ3v) is 1.92. The topological polar surface area (TPSA) is 52.3 Å². The van der Waals surface area contributed by atoms with E-state index >= 15 is 0 Å². The molecule has 0 fully saturated rings. The average Bonchev–Trinajstić information content (AvgIpc) is 2.22. The van der Waals surface area contributed by atoms with Crippen LogP contribution in [0.2, 0.25) is 0 Å². The quantitative estimate of drug-likeness (QED) is 0.518. The number of nitrogens with two attached hydrogens (primary N) is 1. The van der Waals surface area contributed by atoms with Gasteiger partial charge in [-0.05, 0) is 30.7 Å². The van der Waals surface area contributed by atoms with Crippen LogP contribution >= 0.6 is 0 Å². The Hall–Kier alpha value is -1.70. The summed E-state index contributed by atoms with van der Waals surface area (Å²) in [5, 5.41) is 0. The SMILES string of the molecule is NCCc1cc(F)c(OC(=O)C(F)(F)F)c(F)c1. The minimum atomic E-state index is -5.32. The van der Waals surface area contributed by atoms with Gasteiger partial charge in [-0.15, -0.1) is 0 Å². The lowest BCUT2D eigenvalue weighted by Gasteiger charge is -2.09. The molecule has 0 atom stereocenters. The summed E-state index contributed by atoms with van der Waals surface area (Å²) in [6.07, 6.45) is -5.18. The zero-order valence-electron chi connectivity index (χ0n) is 8.85. The van der Waals surface area contributed by atoms with E-state index in [0.717, 1.165) is 12.1 Å². The lowest BCUT2D eigenvalue weighted by molar-refractivity contribution is -0.190. The molecule has 100 valence electrons. The van der Waals surface area contributed by atoms with Gasteiger partial charge in [-0.25, -0.2) is 13.6 Å². The van der Waals surface area contributed by atoms with Gasteiger partial charge in [0.1, 0.15) is 0 Å². The Morgan fingerprint density at radius 3 is 2.11 bits per heavy atom. The summed E-state index contributed by atoms with van der Waals surface area (Å²) in [6.45, 7) is 0.112. The van der Waals surface area contributed by atoms with E-state index in [-0.39, 0.29) is 18.5 Å². The summed E-state index contributed by atoms with van der Waals surface area (Å²) in [6, 6.07) is 1.52. The number of ether oxygens (including phenoxy) is 1. The van der Waals surface area contributed by atoms with E-state index < -0.39 is 29.5 Å². The number of esters is 1. The molecule has 0 aliphatic carbocycles. The maximum atomic E-state index is 13.3. The molecule has 0 amide bonds. The first-order valence-electron chi connectivity index (χ1n) is 4.72. The second-order valence-corrected chi connectivity index (χ2v) is 3.31. The molecule has 1 aromatic carbocycles. The lowest BCUT2D eigenvalue weighted by Crippen LogP contribution is -2.28. The fraction of sp³-hybridized carbons (Fsp3) is 0.300. The molecular weight excluding hydrogens is 261 g/mol. The van der Waals surface area contributed by atoms with Gasteiger partial charge in [-0.1, -0.05) is 0 Å². The number of carbonyl (C=O) groups is 1. The van der Waals surface area contributed by atoms with Crippen LogP contribution in [0.15, 0.2) is 12.1 Å². The smallest absolute Gasteiger partial charge is 0.414 e. The Balaban J connectivity index is 3.01. The molecule has 0 aromatic heterocycles. The first-order chi connectivity index (χ1) is 8.25. The first-order valence-corrected chi connectivity index (χ1v) is 4.72. The van der Waals surface area contributed by atoms with Crippen molar-refractivity contribution in [2.24, 2.45) is 5.73 Å². The van der Waals surface area contributed by atoms with Gasteiger partial charge in [0.15, 0.2) is 11.6 Å². The van der Waals surface area contributed by atoms with Crippen molar-refractivity contribution in [2.45, 2.75) is 12.6 Å². The maximum absolute atomic E-state index is 13.3. The van der Waals surface area contributed by atoms with Crippen molar-refractivity contribution in [3.63, 3.8) is 0 Å². The van der Waals surface area contributed by atoms with E-state index in [4.69, 9.17) is 5.73 Å². The molecule has 1 rings (SSSR count). The normalized spacial score (nSPS) is 11.4. The molecule has 0 spiro atoms. The Kier molecular flexibility index (Phi) is 4.23. The Labute approximate surface area is 98.3 Å². The first kappa shape index (κ1) is 14.4.